The highest BCUT2D eigenvalue weighted by Crippen LogP contribution is 2.23. The quantitative estimate of drug-likeness (QED) is 0.840. The topological polar surface area (TPSA) is 49.5 Å². The molecule has 0 bridgehead atoms. The van der Waals surface area contributed by atoms with Crippen LogP contribution in [0.15, 0.2) is 18.2 Å². The first-order chi connectivity index (χ1) is 8.97. The number of nitrogens with two attached hydrogens (primary N) is 1. The number of likely N-dealkylation sites (tertiary alicyclic amines) is 1. The molecule has 2 rings (SSSR count). The Labute approximate surface area is 124 Å². The molecule has 1 aromatic carbocycles. The van der Waals surface area contributed by atoms with Gasteiger partial charge in [-0.05, 0) is 30.5 Å². The van der Waals surface area contributed by atoms with E-state index in [2.05, 4.69) is 11.8 Å². The Morgan fingerprint density at radius 3 is 2.89 bits per heavy atom. The molecule has 0 amide bonds. The van der Waals surface area contributed by atoms with Crippen molar-refractivity contribution in [3.63, 3.8) is 0 Å². The van der Waals surface area contributed by atoms with E-state index in [1.165, 1.54) is 0 Å². The van der Waals surface area contributed by atoms with Crippen molar-refractivity contribution in [1.82, 2.24) is 4.90 Å². The molecule has 19 heavy (non-hydrogen) atoms. The number of thiocarbonyl (C=S) groups is 1. The van der Waals surface area contributed by atoms with Crippen molar-refractivity contribution < 1.29 is 5.11 Å². The summed E-state index contributed by atoms with van der Waals surface area (Å²) in [5.74, 6) is 0.378. The highest BCUT2D eigenvalue weighted by atomic mass is 35.5. The fourth-order valence-corrected chi connectivity index (χ4v) is 2.69. The first-order valence-electron chi connectivity index (χ1n) is 6.46. The minimum atomic E-state index is -0.247. The average molecular weight is 299 g/mol. The third kappa shape index (κ3) is 3.66. The summed E-state index contributed by atoms with van der Waals surface area (Å²) in [5.41, 5.74) is 7.41. The third-order valence-electron chi connectivity index (χ3n) is 3.73. The summed E-state index contributed by atoms with van der Waals surface area (Å²) in [6.45, 7) is 4.53. The molecule has 1 aliphatic rings. The van der Waals surface area contributed by atoms with Gasteiger partial charge in [0.15, 0.2) is 0 Å². The van der Waals surface area contributed by atoms with Crippen LogP contribution < -0.4 is 5.73 Å². The zero-order valence-electron chi connectivity index (χ0n) is 11.0. The van der Waals surface area contributed by atoms with Gasteiger partial charge in [-0.1, -0.05) is 42.9 Å². The lowest BCUT2D eigenvalue weighted by atomic mass is 9.95. The summed E-state index contributed by atoms with van der Waals surface area (Å²) in [5, 5.41) is 10.6. The van der Waals surface area contributed by atoms with Gasteiger partial charge in [-0.25, -0.2) is 0 Å². The van der Waals surface area contributed by atoms with Gasteiger partial charge in [0.25, 0.3) is 0 Å². The second-order valence-electron chi connectivity index (χ2n) is 5.24. The van der Waals surface area contributed by atoms with E-state index in [0.29, 0.717) is 22.5 Å². The van der Waals surface area contributed by atoms with Crippen molar-refractivity contribution in [2.45, 2.75) is 26.0 Å². The van der Waals surface area contributed by atoms with E-state index in [4.69, 9.17) is 29.6 Å². The number of halogens is 1. The molecule has 5 heteroatoms. The molecule has 3 N–H and O–H groups in total. The lowest BCUT2D eigenvalue weighted by Gasteiger charge is -2.34. The fourth-order valence-electron chi connectivity index (χ4n) is 2.33. The third-order valence-corrected chi connectivity index (χ3v) is 4.32. The van der Waals surface area contributed by atoms with E-state index >= 15 is 0 Å². The Balaban J connectivity index is 2.05. The molecule has 1 heterocycles. The van der Waals surface area contributed by atoms with Crippen LogP contribution >= 0.6 is 23.8 Å². The first kappa shape index (κ1) is 14.7. The van der Waals surface area contributed by atoms with E-state index in [0.717, 1.165) is 30.6 Å². The van der Waals surface area contributed by atoms with Crippen LogP contribution in [0.1, 0.15) is 24.5 Å². The van der Waals surface area contributed by atoms with Gasteiger partial charge in [0, 0.05) is 23.7 Å². The lowest BCUT2D eigenvalue weighted by molar-refractivity contribution is 0.0259. The van der Waals surface area contributed by atoms with E-state index in [1.807, 2.05) is 18.2 Å². The van der Waals surface area contributed by atoms with Crippen LogP contribution in [0.25, 0.3) is 0 Å². The fraction of sp³-hybridized carbons (Fsp3) is 0.500. The molecule has 104 valence electrons. The Morgan fingerprint density at radius 2 is 2.32 bits per heavy atom. The van der Waals surface area contributed by atoms with E-state index < -0.39 is 0 Å². The van der Waals surface area contributed by atoms with Crippen molar-refractivity contribution in [1.29, 1.82) is 0 Å². The largest absolute Gasteiger partial charge is 0.392 e. The number of aliphatic hydroxyl groups excluding tert-OH is 1. The van der Waals surface area contributed by atoms with Crippen molar-refractivity contribution in [3.8, 4) is 0 Å². The summed E-state index contributed by atoms with van der Waals surface area (Å²) in [6, 6.07) is 5.66. The van der Waals surface area contributed by atoms with Gasteiger partial charge in [0.05, 0.1) is 6.10 Å². The molecular formula is C14H19ClN2OS. The number of nitrogens with zero attached hydrogens (tertiary/aromatic N) is 1. The van der Waals surface area contributed by atoms with Crippen molar-refractivity contribution in [2.24, 2.45) is 11.7 Å². The van der Waals surface area contributed by atoms with Crippen LogP contribution in [-0.4, -0.2) is 34.2 Å². The summed E-state index contributed by atoms with van der Waals surface area (Å²) < 4.78 is 0. The molecular weight excluding hydrogens is 280 g/mol. The monoisotopic (exact) mass is 298 g/mol. The molecule has 1 saturated heterocycles. The maximum absolute atomic E-state index is 9.90. The summed E-state index contributed by atoms with van der Waals surface area (Å²) in [4.78, 5) is 2.59. The molecule has 1 aromatic rings. The van der Waals surface area contributed by atoms with E-state index in [9.17, 15) is 5.11 Å². The van der Waals surface area contributed by atoms with Gasteiger partial charge < -0.3 is 10.8 Å². The van der Waals surface area contributed by atoms with Crippen LogP contribution in [-0.2, 0) is 6.54 Å². The molecule has 1 fully saturated rings. The maximum Gasteiger partial charge on any atom is 0.104 e. The average Bonchev–Trinajstić information content (AvgIpc) is 2.36. The molecule has 2 unspecified atom stereocenters. The molecule has 0 aliphatic carbocycles. The Morgan fingerprint density at radius 1 is 1.58 bits per heavy atom. The number of β-amino-alcohol motifs (C(OH)–C–C–N with tert-alkyl or cyclic N) is 1. The molecule has 0 radical (unpaired) electrons. The lowest BCUT2D eigenvalue weighted by Crippen LogP contribution is -2.42. The molecule has 0 aromatic heterocycles. The van der Waals surface area contributed by atoms with Crippen molar-refractivity contribution in [3.05, 3.63) is 34.3 Å². The normalized spacial score (nSPS) is 24.4. The number of rotatable bonds is 3. The van der Waals surface area contributed by atoms with Crippen molar-refractivity contribution in [2.75, 3.05) is 13.1 Å². The highest BCUT2D eigenvalue weighted by molar-refractivity contribution is 7.80. The number of piperidine rings is 1. The minimum absolute atomic E-state index is 0.247. The first-order valence-corrected chi connectivity index (χ1v) is 7.24. The van der Waals surface area contributed by atoms with Crippen molar-refractivity contribution >= 4 is 28.8 Å². The van der Waals surface area contributed by atoms with Crippen LogP contribution in [0.2, 0.25) is 5.02 Å². The summed E-state index contributed by atoms with van der Waals surface area (Å²) in [7, 11) is 0. The molecule has 0 spiro atoms. The second kappa shape index (κ2) is 6.18. The van der Waals surface area contributed by atoms with E-state index in [-0.39, 0.29) is 6.10 Å². The smallest absolute Gasteiger partial charge is 0.104 e. The molecule has 3 nitrogen and oxygen atoms in total. The van der Waals surface area contributed by atoms with Gasteiger partial charge in [0.1, 0.15) is 4.99 Å². The molecule has 1 aliphatic heterocycles. The van der Waals surface area contributed by atoms with Gasteiger partial charge in [0.2, 0.25) is 0 Å². The number of hydrogen-bond acceptors (Lipinski definition) is 3. The van der Waals surface area contributed by atoms with Crippen LogP contribution in [0.4, 0.5) is 0 Å². The number of hydrogen-bond donors (Lipinski definition) is 2. The number of aliphatic hydroxyl groups is 1. The SMILES string of the molecule is CC1CCN(Cc2ccc(C(N)=S)cc2Cl)CC1O. The molecule has 0 saturated carbocycles. The zero-order valence-corrected chi connectivity index (χ0v) is 12.5. The Kier molecular flexibility index (Phi) is 4.79. The predicted octanol–water partition coefficient (Wildman–Crippen LogP) is 2.18. The standard InChI is InChI=1S/C14H19ClN2OS/c1-9-4-5-17(8-13(9)18)7-11-3-2-10(14(16)19)6-12(11)15/h2-3,6,9,13,18H,4-5,7-8H2,1H3,(H2,16,19). The van der Waals surface area contributed by atoms with Gasteiger partial charge >= 0.3 is 0 Å². The van der Waals surface area contributed by atoms with Crippen LogP contribution in [0.5, 0.6) is 0 Å². The second-order valence-corrected chi connectivity index (χ2v) is 6.09. The molecule has 2 atom stereocenters. The van der Waals surface area contributed by atoms with Gasteiger partial charge in [-0.2, -0.15) is 0 Å². The highest BCUT2D eigenvalue weighted by Gasteiger charge is 2.24. The van der Waals surface area contributed by atoms with Crippen LogP contribution in [0, 0.1) is 5.92 Å². The van der Waals surface area contributed by atoms with Crippen LogP contribution in [0.3, 0.4) is 0 Å². The van der Waals surface area contributed by atoms with Gasteiger partial charge in [-0.15, -0.1) is 0 Å². The maximum atomic E-state index is 9.90. The Hall–Kier alpha value is -0.680. The Bertz CT molecular complexity index is 481. The zero-order chi connectivity index (χ0) is 14.0. The van der Waals surface area contributed by atoms with E-state index in [1.54, 1.807) is 0 Å². The minimum Gasteiger partial charge on any atom is -0.392 e. The summed E-state index contributed by atoms with van der Waals surface area (Å²) in [6.07, 6.45) is 0.771. The summed E-state index contributed by atoms with van der Waals surface area (Å²) >= 11 is 11.2. The van der Waals surface area contributed by atoms with Gasteiger partial charge in [-0.3, -0.25) is 4.90 Å². The number of benzene rings is 1. The predicted molar refractivity (Wildman–Crippen MR) is 82.4 cm³/mol.